The molecule has 2 aromatic carbocycles. The zero-order valence-electron chi connectivity index (χ0n) is 10.5. The van der Waals surface area contributed by atoms with Crippen LogP contribution < -0.4 is 5.73 Å². The number of anilines is 1. The SMILES string of the molecule is Nc1ccc(Sc2nc3ccccc3s2)c(C(F)(F)F)c1. The van der Waals surface area contributed by atoms with Crippen molar-refractivity contribution in [2.75, 3.05) is 5.73 Å². The summed E-state index contributed by atoms with van der Waals surface area (Å²) in [5, 5.41) is 0. The Morgan fingerprint density at radius 3 is 2.57 bits per heavy atom. The van der Waals surface area contributed by atoms with Gasteiger partial charge in [0.1, 0.15) is 0 Å². The van der Waals surface area contributed by atoms with Gasteiger partial charge in [0.05, 0.1) is 15.8 Å². The van der Waals surface area contributed by atoms with Crippen LogP contribution in [0.1, 0.15) is 5.56 Å². The van der Waals surface area contributed by atoms with Gasteiger partial charge in [-0.05, 0) is 30.3 Å². The number of nitrogens with two attached hydrogens (primary N) is 1. The monoisotopic (exact) mass is 326 g/mol. The van der Waals surface area contributed by atoms with Gasteiger partial charge in [0, 0.05) is 10.6 Å². The number of rotatable bonds is 2. The van der Waals surface area contributed by atoms with E-state index in [1.807, 2.05) is 24.3 Å². The molecule has 3 rings (SSSR count). The minimum absolute atomic E-state index is 0.0935. The van der Waals surface area contributed by atoms with Gasteiger partial charge in [-0.25, -0.2) is 4.98 Å². The Labute approximate surface area is 126 Å². The third-order valence-corrected chi connectivity index (χ3v) is 4.95. The zero-order chi connectivity index (χ0) is 15.0. The number of hydrogen-bond acceptors (Lipinski definition) is 4. The molecular formula is C14H9F3N2S2. The first-order valence-electron chi connectivity index (χ1n) is 5.93. The predicted octanol–water partition coefficient (Wildman–Crippen LogP) is 5.05. The molecule has 0 aliphatic rings. The molecule has 0 aliphatic carbocycles. The molecule has 0 atom stereocenters. The lowest BCUT2D eigenvalue weighted by Gasteiger charge is -2.12. The summed E-state index contributed by atoms with van der Waals surface area (Å²) in [5.41, 5.74) is 5.61. The summed E-state index contributed by atoms with van der Waals surface area (Å²) in [6.07, 6.45) is -4.44. The van der Waals surface area contributed by atoms with Crippen LogP contribution >= 0.6 is 23.1 Å². The normalized spacial score (nSPS) is 12.0. The molecule has 1 heterocycles. The van der Waals surface area contributed by atoms with Crippen LogP contribution in [-0.4, -0.2) is 4.98 Å². The predicted molar refractivity (Wildman–Crippen MR) is 79.6 cm³/mol. The van der Waals surface area contributed by atoms with E-state index in [9.17, 15) is 13.2 Å². The Morgan fingerprint density at radius 1 is 1.10 bits per heavy atom. The van der Waals surface area contributed by atoms with Crippen molar-refractivity contribution in [2.45, 2.75) is 15.4 Å². The summed E-state index contributed by atoms with van der Waals surface area (Å²) >= 11 is 2.38. The van der Waals surface area contributed by atoms with Gasteiger partial charge in [-0.1, -0.05) is 23.9 Å². The van der Waals surface area contributed by atoms with Gasteiger partial charge < -0.3 is 5.73 Å². The Hall–Kier alpha value is -1.73. The maximum absolute atomic E-state index is 13.0. The Morgan fingerprint density at radius 2 is 1.86 bits per heavy atom. The molecule has 21 heavy (non-hydrogen) atoms. The molecule has 0 radical (unpaired) electrons. The maximum atomic E-state index is 13.0. The molecule has 0 aliphatic heterocycles. The molecule has 0 saturated carbocycles. The number of aromatic nitrogens is 1. The molecule has 2 nitrogen and oxygen atoms in total. The van der Waals surface area contributed by atoms with Crippen molar-refractivity contribution >= 4 is 39.0 Å². The molecule has 1 aromatic heterocycles. The molecule has 0 spiro atoms. The number of benzene rings is 2. The van der Waals surface area contributed by atoms with Crippen LogP contribution in [0.2, 0.25) is 0 Å². The van der Waals surface area contributed by atoms with E-state index in [4.69, 9.17) is 5.73 Å². The van der Waals surface area contributed by atoms with Gasteiger partial charge in [0.2, 0.25) is 0 Å². The summed E-state index contributed by atoms with van der Waals surface area (Å²) in [6, 6.07) is 11.3. The van der Waals surface area contributed by atoms with Crippen molar-refractivity contribution in [3.8, 4) is 0 Å². The van der Waals surface area contributed by atoms with E-state index in [-0.39, 0.29) is 10.6 Å². The lowest BCUT2D eigenvalue weighted by atomic mass is 10.2. The van der Waals surface area contributed by atoms with Crippen LogP contribution in [0, 0.1) is 0 Å². The van der Waals surface area contributed by atoms with E-state index >= 15 is 0 Å². The highest BCUT2D eigenvalue weighted by Gasteiger charge is 2.34. The minimum Gasteiger partial charge on any atom is -0.399 e. The molecule has 0 unspecified atom stereocenters. The summed E-state index contributed by atoms with van der Waals surface area (Å²) in [7, 11) is 0. The fraction of sp³-hybridized carbons (Fsp3) is 0.0714. The number of para-hydroxylation sites is 1. The number of hydrogen-bond donors (Lipinski definition) is 1. The van der Waals surface area contributed by atoms with Crippen molar-refractivity contribution in [1.29, 1.82) is 0 Å². The topological polar surface area (TPSA) is 38.9 Å². The largest absolute Gasteiger partial charge is 0.417 e. The van der Waals surface area contributed by atoms with E-state index in [0.29, 0.717) is 4.34 Å². The van der Waals surface area contributed by atoms with Crippen LogP contribution in [-0.2, 0) is 6.18 Å². The summed E-state index contributed by atoms with van der Waals surface area (Å²) < 4.78 is 40.7. The van der Waals surface area contributed by atoms with E-state index in [1.165, 1.54) is 23.5 Å². The molecule has 108 valence electrons. The van der Waals surface area contributed by atoms with Crippen LogP contribution in [0.15, 0.2) is 51.7 Å². The number of nitrogens with zero attached hydrogens (tertiary/aromatic N) is 1. The van der Waals surface area contributed by atoms with Gasteiger partial charge >= 0.3 is 6.18 Å². The van der Waals surface area contributed by atoms with E-state index in [1.54, 1.807) is 0 Å². The number of alkyl halides is 3. The highest BCUT2D eigenvalue weighted by molar-refractivity contribution is 8.01. The Balaban J connectivity index is 2.01. The molecule has 7 heteroatoms. The van der Waals surface area contributed by atoms with Crippen LogP contribution in [0.3, 0.4) is 0 Å². The number of halogens is 3. The maximum Gasteiger partial charge on any atom is 0.417 e. The second kappa shape index (κ2) is 5.23. The van der Waals surface area contributed by atoms with Crippen molar-refractivity contribution in [3.63, 3.8) is 0 Å². The van der Waals surface area contributed by atoms with E-state index in [0.717, 1.165) is 28.0 Å². The van der Waals surface area contributed by atoms with E-state index < -0.39 is 11.7 Å². The highest BCUT2D eigenvalue weighted by Crippen LogP contribution is 2.42. The van der Waals surface area contributed by atoms with Crippen LogP contribution in [0.4, 0.5) is 18.9 Å². The summed E-state index contributed by atoms with van der Waals surface area (Å²) in [5.74, 6) is 0. The minimum atomic E-state index is -4.44. The fourth-order valence-electron chi connectivity index (χ4n) is 1.85. The number of thiazole rings is 1. The van der Waals surface area contributed by atoms with Crippen LogP contribution in [0.25, 0.3) is 10.2 Å². The second-order valence-corrected chi connectivity index (χ2v) is 6.62. The first-order chi connectivity index (χ1) is 9.93. The van der Waals surface area contributed by atoms with Crippen molar-refractivity contribution in [2.24, 2.45) is 0 Å². The average molecular weight is 326 g/mol. The van der Waals surface area contributed by atoms with E-state index in [2.05, 4.69) is 4.98 Å². The molecule has 0 bridgehead atoms. The second-order valence-electron chi connectivity index (χ2n) is 4.30. The summed E-state index contributed by atoms with van der Waals surface area (Å²) in [6.45, 7) is 0. The lowest BCUT2D eigenvalue weighted by Crippen LogP contribution is -2.07. The van der Waals surface area contributed by atoms with Gasteiger partial charge in [-0.2, -0.15) is 13.2 Å². The molecule has 2 N–H and O–H groups in total. The standard InChI is InChI=1S/C14H9F3N2S2/c15-14(16,17)9-7-8(18)5-6-11(9)20-13-19-10-3-1-2-4-12(10)21-13/h1-7H,18H2. The molecule has 0 saturated heterocycles. The molecule has 0 amide bonds. The molecule has 0 fully saturated rings. The van der Waals surface area contributed by atoms with Gasteiger partial charge in [-0.15, -0.1) is 11.3 Å². The number of nitrogen functional groups attached to an aromatic ring is 1. The molecule has 3 aromatic rings. The van der Waals surface area contributed by atoms with Gasteiger partial charge in [0.25, 0.3) is 0 Å². The Kier molecular flexibility index (Phi) is 3.54. The lowest BCUT2D eigenvalue weighted by molar-refractivity contribution is -0.139. The quantitative estimate of drug-likeness (QED) is 0.670. The third kappa shape index (κ3) is 2.98. The Bertz CT molecular complexity index is 763. The van der Waals surface area contributed by atoms with Crippen molar-refractivity contribution < 1.29 is 13.2 Å². The zero-order valence-corrected chi connectivity index (χ0v) is 12.1. The van der Waals surface area contributed by atoms with Crippen LogP contribution in [0.5, 0.6) is 0 Å². The van der Waals surface area contributed by atoms with Crippen molar-refractivity contribution in [1.82, 2.24) is 4.98 Å². The van der Waals surface area contributed by atoms with Crippen molar-refractivity contribution in [3.05, 3.63) is 48.0 Å². The first-order valence-corrected chi connectivity index (χ1v) is 7.57. The average Bonchev–Trinajstić information content (AvgIpc) is 2.82. The first kappa shape index (κ1) is 14.2. The van der Waals surface area contributed by atoms with Gasteiger partial charge in [-0.3, -0.25) is 0 Å². The molecular weight excluding hydrogens is 317 g/mol. The van der Waals surface area contributed by atoms with Gasteiger partial charge in [0.15, 0.2) is 4.34 Å². The smallest absolute Gasteiger partial charge is 0.399 e. The highest BCUT2D eigenvalue weighted by atomic mass is 32.2. The third-order valence-electron chi connectivity index (χ3n) is 2.78. The summed E-state index contributed by atoms with van der Waals surface area (Å²) in [4.78, 5) is 4.44. The number of fused-ring (bicyclic) bond motifs is 1. The fourth-order valence-corrected chi connectivity index (χ4v) is 4.00.